The lowest BCUT2D eigenvalue weighted by atomic mass is 10.0. The van der Waals surface area contributed by atoms with E-state index in [1.54, 1.807) is 13.2 Å². The molecule has 200 valence electrons. The van der Waals surface area contributed by atoms with Gasteiger partial charge in [0.1, 0.15) is 41.2 Å². The summed E-state index contributed by atoms with van der Waals surface area (Å²) in [6.45, 7) is 9.14. The van der Waals surface area contributed by atoms with E-state index in [2.05, 4.69) is 20.2 Å². The Morgan fingerprint density at radius 2 is 1.97 bits per heavy atom. The number of fused-ring (bicyclic) bond motifs is 1. The lowest BCUT2D eigenvalue weighted by Crippen LogP contribution is -2.48. The number of nitrogens with one attached hydrogen (secondary N) is 1. The first-order valence-electron chi connectivity index (χ1n) is 12.6. The number of nitriles is 1. The molecule has 1 aliphatic rings. The second kappa shape index (κ2) is 11.6. The van der Waals surface area contributed by atoms with Gasteiger partial charge in [-0.15, -0.1) is 0 Å². The summed E-state index contributed by atoms with van der Waals surface area (Å²) < 4.78 is 20.1. The highest BCUT2D eigenvalue weighted by atomic mass is 19.1. The van der Waals surface area contributed by atoms with E-state index in [4.69, 9.17) is 15.5 Å². The van der Waals surface area contributed by atoms with Crippen molar-refractivity contribution < 1.29 is 13.9 Å². The Labute approximate surface area is 221 Å². The molecule has 11 heteroatoms. The van der Waals surface area contributed by atoms with Crippen molar-refractivity contribution in [1.82, 2.24) is 24.8 Å². The fraction of sp³-hybridized carbons (Fsp3) is 0.444. The lowest BCUT2D eigenvalue weighted by Gasteiger charge is -2.36. The maximum Gasteiger partial charge on any atom is 0.222 e. The summed E-state index contributed by atoms with van der Waals surface area (Å²) >= 11 is 0. The first kappa shape index (κ1) is 27.0. The van der Waals surface area contributed by atoms with Crippen LogP contribution in [0.4, 0.5) is 16.0 Å². The van der Waals surface area contributed by atoms with E-state index >= 15 is 0 Å². The van der Waals surface area contributed by atoms with Crippen LogP contribution in [-0.2, 0) is 11.3 Å². The quantitative estimate of drug-likeness (QED) is 0.458. The average molecular weight is 521 g/mol. The summed E-state index contributed by atoms with van der Waals surface area (Å²) in [5.74, 6) is 1.04. The standard InChI is InChI=1S/C27H33FN8O2/c1-16(2)11-23(37)36-9-7-35(8-10-36)14-21-24(17(3)33-27-20(13-29)26(30)31-15-32-27)34-22-6-5-18(28)12-19(22)25(21)38-4/h5-6,12,15-17H,7-11,14H2,1-4H3,(H3,30,31,32,33). The van der Waals surface area contributed by atoms with Gasteiger partial charge in [0.25, 0.3) is 0 Å². The van der Waals surface area contributed by atoms with Gasteiger partial charge in [0, 0.05) is 50.1 Å². The summed E-state index contributed by atoms with van der Waals surface area (Å²) in [5, 5.41) is 13.4. The van der Waals surface area contributed by atoms with Crippen LogP contribution in [0, 0.1) is 23.1 Å². The number of halogens is 1. The molecule has 0 radical (unpaired) electrons. The summed E-state index contributed by atoms with van der Waals surface area (Å²) in [5.41, 5.74) is 8.09. The van der Waals surface area contributed by atoms with E-state index < -0.39 is 6.04 Å². The average Bonchev–Trinajstić information content (AvgIpc) is 2.88. The van der Waals surface area contributed by atoms with Gasteiger partial charge in [-0.25, -0.2) is 14.4 Å². The van der Waals surface area contributed by atoms with Crippen molar-refractivity contribution in [2.45, 2.75) is 39.8 Å². The topological polar surface area (TPSA) is 133 Å². The number of anilines is 2. The fourth-order valence-corrected chi connectivity index (χ4v) is 4.76. The summed E-state index contributed by atoms with van der Waals surface area (Å²) in [7, 11) is 1.56. The zero-order valence-corrected chi connectivity index (χ0v) is 22.2. The number of nitrogen functional groups attached to an aromatic ring is 1. The number of nitrogens with zero attached hydrogens (tertiary/aromatic N) is 6. The number of rotatable bonds is 8. The highest BCUT2D eigenvalue weighted by Crippen LogP contribution is 2.36. The lowest BCUT2D eigenvalue weighted by molar-refractivity contribution is -0.133. The molecule has 2 aromatic heterocycles. The second-order valence-electron chi connectivity index (χ2n) is 9.89. The minimum Gasteiger partial charge on any atom is -0.496 e. The highest BCUT2D eigenvalue weighted by molar-refractivity contribution is 5.87. The van der Waals surface area contributed by atoms with Crippen molar-refractivity contribution in [2.24, 2.45) is 5.92 Å². The second-order valence-corrected chi connectivity index (χ2v) is 9.89. The number of piperazine rings is 1. The van der Waals surface area contributed by atoms with Crippen molar-refractivity contribution in [3.63, 3.8) is 0 Å². The number of hydrogen-bond acceptors (Lipinski definition) is 9. The number of aromatic nitrogens is 3. The summed E-state index contributed by atoms with van der Waals surface area (Å²) in [4.78, 5) is 29.7. The molecule has 3 N–H and O–H groups in total. The fourth-order valence-electron chi connectivity index (χ4n) is 4.76. The molecule has 1 fully saturated rings. The molecule has 4 rings (SSSR count). The van der Waals surface area contributed by atoms with Crippen molar-refractivity contribution in [3.05, 3.63) is 47.2 Å². The van der Waals surface area contributed by atoms with Crippen LogP contribution < -0.4 is 15.8 Å². The van der Waals surface area contributed by atoms with Crippen LogP contribution >= 0.6 is 0 Å². The smallest absolute Gasteiger partial charge is 0.222 e. The molecule has 0 bridgehead atoms. The van der Waals surface area contributed by atoms with Crippen LogP contribution in [0.1, 0.15) is 50.1 Å². The maximum atomic E-state index is 14.2. The Kier molecular flexibility index (Phi) is 8.22. The predicted octanol–water partition coefficient (Wildman–Crippen LogP) is 3.49. The molecule has 1 atom stereocenters. The molecule has 10 nitrogen and oxygen atoms in total. The molecule has 1 unspecified atom stereocenters. The van der Waals surface area contributed by atoms with E-state index in [0.717, 1.165) is 5.56 Å². The van der Waals surface area contributed by atoms with Gasteiger partial charge in [-0.1, -0.05) is 13.8 Å². The zero-order chi connectivity index (χ0) is 27.4. The minimum absolute atomic E-state index is 0.0850. The molecule has 3 aromatic rings. The van der Waals surface area contributed by atoms with Gasteiger partial charge >= 0.3 is 0 Å². The molecule has 3 heterocycles. The van der Waals surface area contributed by atoms with Gasteiger partial charge in [0.2, 0.25) is 5.91 Å². The molecule has 1 aromatic carbocycles. The van der Waals surface area contributed by atoms with Crippen LogP contribution in [0.15, 0.2) is 24.5 Å². The van der Waals surface area contributed by atoms with Crippen LogP contribution in [0.3, 0.4) is 0 Å². The minimum atomic E-state index is -0.399. The van der Waals surface area contributed by atoms with E-state index in [1.807, 2.05) is 31.7 Å². The third-order valence-electron chi connectivity index (χ3n) is 6.67. The van der Waals surface area contributed by atoms with Gasteiger partial charge in [-0.05, 0) is 31.0 Å². The highest BCUT2D eigenvalue weighted by Gasteiger charge is 2.27. The number of carbonyl (C=O) groups is 1. The zero-order valence-electron chi connectivity index (χ0n) is 22.2. The molecule has 38 heavy (non-hydrogen) atoms. The number of hydrogen-bond donors (Lipinski definition) is 2. The van der Waals surface area contributed by atoms with Gasteiger partial charge in [0.15, 0.2) is 0 Å². The van der Waals surface area contributed by atoms with Crippen molar-refractivity contribution in [1.29, 1.82) is 5.26 Å². The number of nitrogens with two attached hydrogens (primary N) is 1. The number of pyridine rings is 1. The molecule has 1 saturated heterocycles. The molecule has 1 amide bonds. The number of carbonyl (C=O) groups excluding carboxylic acids is 1. The molecule has 0 saturated carbocycles. The van der Waals surface area contributed by atoms with Crippen molar-refractivity contribution in [3.8, 4) is 11.8 Å². The first-order chi connectivity index (χ1) is 18.2. The molecule has 0 aliphatic carbocycles. The first-order valence-corrected chi connectivity index (χ1v) is 12.6. The Morgan fingerprint density at radius 1 is 1.24 bits per heavy atom. The number of benzene rings is 1. The third-order valence-corrected chi connectivity index (χ3v) is 6.67. The van der Waals surface area contributed by atoms with E-state index in [-0.39, 0.29) is 23.1 Å². The Bertz CT molecular complexity index is 1370. The molecule has 0 spiro atoms. The largest absolute Gasteiger partial charge is 0.496 e. The molecule has 1 aliphatic heterocycles. The van der Waals surface area contributed by atoms with E-state index in [0.29, 0.717) is 73.2 Å². The molecular weight excluding hydrogens is 487 g/mol. The molecular formula is C27H33FN8O2. The monoisotopic (exact) mass is 520 g/mol. The van der Waals surface area contributed by atoms with Gasteiger partial charge in [-0.3, -0.25) is 14.7 Å². The Hall–Kier alpha value is -4.04. The van der Waals surface area contributed by atoms with E-state index in [9.17, 15) is 14.4 Å². The van der Waals surface area contributed by atoms with Crippen molar-refractivity contribution in [2.75, 3.05) is 44.3 Å². The van der Waals surface area contributed by atoms with Gasteiger partial charge in [0.05, 0.1) is 24.4 Å². The number of ether oxygens (including phenoxy) is 1. The summed E-state index contributed by atoms with van der Waals surface area (Å²) in [6.07, 6.45) is 1.84. The van der Waals surface area contributed by atoms with Crippen molar-refractivity contribution >= 4 is 28.4 Å². The number of amides is 1. The Morgan fingerprint density at radius 3 is 2.63 bits per heavy atom. The third kappa shape index (κ3) is 5.75. The van der Waals surface area contributed by atoms with Crippen LogP contribution in [-0.4, -0.2) is 63.9 Å². The van der Waals surface area contributed by atoms with Crippen LogP contribution in [0.5, 0.6) is 5.75 Å². The van der Waals surface area contributed by atoms with Crippen LogP contribution in [0.2, 0.25) is 0 Å². The normalized spacial score (nSPS) is 14.9. The van der Waals surface area contributed by atoms with Crippen LogP contribution in [0.25, 0.3) is 10.9 Å². The van der Waals surface area contributed by atoms with Gasteiger partial charge in [-0.2, -0.15) is 5.26 Å². The Balaban J connectivity index is 1.68. The van der Waals surface area contributed by atoms with Gasteiger partial charge < -0.3 is 20.7 Å². The van der Waals surface area contributed by atoms with E-state index in [1.165, 1.54) is 18.5 Å². The predicted molar refractivity (Wildman–Crippen MR) is 143 cm³/mol. The summed E-state index contributed by atoms with van der Waals surface area (Å²) in [6, 6.07) is 6.05. The maximum absolute atomic E-state index is 14.2. The SMILES string of the molecule is COc1c(CN2CCN(C(=O)CC(C)C)CC2)c(C(C)Nc2ncnc(N)c2C#N)nc2ccc(F)cc12. The number of methoxy groups -OCH3 is 1.